The van der Waals surface area contributed by atoms with Crippen LogP contribution < -0.4 is 5.73 Å². The molecule has 2 rings (SSSR count). The second-order valence-electron chi connectivity index (χ2n) is 4.43. The SMILES string of the molecule is CCCN1CCCC(N)C1c1ccc(Br)o1. The Kier molecular flexibility index (Phi) is 4.05. The molecule has 2 N–H and O–H groups in total. The van der Waals surface area contributed by atoms with Gasteiger partial charge in [0.2, 0.25) is 0 Å². The maximum Gasteiger partial charge on any atom is 0.169 e. The van der Waals surface area contributed by atoms with Crippen molar-refractivity contribution in [3.05, 3.63) is 22.6 Å². The molecule has 3 nitrogen and oxygen atoms in total. The molecule has 2 heterocycles. The van der Waals surface area contributed by atoms with Crippen molar-refractivity contribution < 1.29 is 4.42 Å². The monoisotopic (exact) mass is 286 g/mol. The molecule has 1 aromatic rings. The van der Waals surface area contributed by atoms with Crippen LogP contribution >= 0.6 is 15.9 Å². The van der Waals surface area contributed by atoms with Crippen molar-refractivity contribution >= 4 is 15.9 Å². The van der Waals surface area contributed by atoms with Gasteiger partial charge in [0.1, 0.15) is 5.76 Å². The second-order valence-corrected chi connectivity index (χ2v) is 5.21. The fraction of sp³-hybridized carbons (Fsp3) is 0.667. The van der Waals surface area contributed by atoms with Gasteiger partial charge in [-0.3, -0.25) is 4.90 Å². The third-order valence-electron chi connectivity index (χ3n) is 3.18. The lowest BCUT2D eigenvalue weighted by Crippen LogP contribution is -2.45. The number of halogens is 1. The largest absolute Gasteiger partial charge is 0.453 e. The third kappa shape index (κ3) is 2.50. The minimum Gasteiger partial charge on any atom is -0.453 e. The lowest BCUT2D eigenvalue weighted by atomic mass is 9.95. The fourth-order valence-corrected chi connectivity index (χ4v) is 2.83. The van der Waals surface area contributed by atoms with Crippen molar-refractivity contribution in [1.29, 1.82) is 0 Å². The van der Waals surface area contributed by atoms with Crippen molar-refractivity contribution in [2.45, 2.75) is 38.3 Å². The molecule has 0 amide bonds. The van der Waals surface area contributed by atoms with E-state index in [1.807, 2.05) is 12.1 Å². The summed E-state index contributed by atoms with van der Waals surface area (Å²) in [6.45, 7) is 4.43. The first kappa shape index (κ1) is 12.1. The molecular formula is C12H19BrN2O. The van der Waals surface area contributed by atoms with E-state index in [1.165, 1.54) is 6.42 Å². The van der Waals surface area contributed by atoms with Crippen LogP contribution in [0, 0.1) is 0 Å². The summed E-state index contributed by atoms with van der Waals surface area (Å²) in [6, 6.07) is 4.42. The summed E-state index contributed by atoms with van der Waals surface area (Å²) in [5, 5.41) is 0. The van der Waals surface area contributed by atoms with E-state index in [0.29, 0.717) is 0 Å². The van der Waals surface area contributed by atoms with Crippen LogP contribution in [0.4, 0.5) is 0 Å². The first-order chi connectivity index (χ1) is 7.72. The van der Waals surface area contributed by atoms with E-state index in [2.05, 4.69) is 27.8 Å². The van der Waals surface area contributed by atoms with Crippen LogP contribution in [-0.2, 0) is 0 Å². The number of piperidine rings is 1. The highest BCUT2D eigenvalue weighted by atomic mass is 79.9. The number of likely N-dealkylation sites (tertiary alicyclic amines) is 1. The van der Waals surface area contributed by atoms with E-state index in [9.17, 15) is 0 Å². The van der Waals surface area contributed by atoms with Crippen molar-refractivity contribution in [2.75, 3.05) is 13.1 Å². The summed E-state index contributed by atoms with van der Waals surface area (Å²) >= 11 is 3.35. The molecule has 0 saturated carbocycles. The quantitative estimate of drug-likeness (QED) is 0.929. The molecule has 1 fully saturated rings. The predicted molar refractivity (Wildman–Crippen MR) is 68.2 cm³/mol. The van der Waals surface area contributed by atoms with Crippen molar-refractivity contribution in [1.82, 2.24) is 4.90 Å². The van der Waals surface area contributed by atoms with Gasteiger partial charge in [-0.25, -0.2) is 0 Å². The van der Waals surface area contributed by atoms with Crippen LogP contribution in [0.25, 0.3) is 0 Å². The average Bonchev–Trinajstić information content (AvgIpc) is 2.65. The zero-order chi connectivity index (χ0) is 11.5. The van der Waals surface area contributed by atoms with Gasteiger partial charge in [0.15, 0.2) is 4.67 Å². The van der Waals surface area contributed by atoms with Crippen molar-refractivity contribution in [3.63, 3.8) is 0 Å². The smallest absolute Gasteiger partial charge is 0.169 e. The Hall–Kier alpha value is -0.320. The maximum atomic E-state index is 6.22. The number of furan rings is 1. The number of nitrogens with zero attached hydrogens (tertiary/aromatic N) is 1. The van der Waals surface area contributed by atoms with Crippen LogP contribution in [0.1, 0.15) is 38.0 Å². The van der Waals surface area contributed by atoms with Crippen LogP contribution in [0.15, 0.2) is 21.2 Å². The fourth-order valence-electron chi connectivity index (χ4n) is 2.51. The normalized spacial score (nSPS) is 27.2. The zero-order valence-electron chi connectivity index (χ0n) is 9.66. The van der Waals surface area contributed by atoms with E-state index >= 15 is 0 Å². The Morgan fingerprint density at radius 1 is 1.56 bits per heavy atom. The predicted octanol–water partition coefficient (Wildman–Crippen LogP) is 2.92. The van der Waals surface area contributed by atoms with Gasteiger partial charge in [-0.1, -0.05) is 6.92 Å². The number of hydrogen-bond donors (Lipinski definition) is 1. The Morgan fingerprint density at radius 2 is 2.38 bits per heavy atom. The molecule has 0 spiro atoms. The summed E-state index contributed by atoms with van der Waals surface area (Å²) in [5.41, 5.74) is 6.22. The van der Waals surface area contributed by atoms with E-state index in [0.717, 1.165) is 36.4 Å². The van der Waals surface area contributed by atoms with Gasteiger partial charge in [-0.15, -0.1) is 0 Å². The van der Waals surface area contributed by atoms with Crippen LogP contribution in [-0.4, -0.2) is 24.0 Å². The molecule has 4 heteroatoms. The molecule has 0 bridgehead atoms. The molecule has 2 atom stereocenters. The molecule has 0 aliphatic carbocycles. The Labute approximate surface area is 105 Å². The molecule has 0 radical (unpaired) electrons. The summed E-state index contributed by atoms with van der Waals surface area (Å²) in [6.07, 6.45) is 3.44. The van der Waals surface area contributed by atoms with Gasteiger partial charge in [0.25, 0.3) is 0 Å². The van der Waals surface area contributed by atoms with Gasteiger partial charge >= 0.3 is 0 Å². The van der Waals surface area contributed by atoms with Gasteiger partial charge in [0.05, 0.1) is 6.04 Å². The zero-order valence-corrected chi connectivity index (χ0v) is 11.2. The lowest BCUT2D eigenvalue weighted by molar-refractivity contribution is 0.110. The summed E-state index contributed by atoms with van der Waals surface area (Å²) in [7, 11) is 0. The highest BCUT2D eigenvalue weighted by Gasteiger charge is 2.31. The van der Waals surface area contributed by atoms with Crippen LogP contribution in [0.2, 0.25) is 0 Å². The van der Waals surface area contributed by atoms with Gasteiger partial charge < -0.3 is 10.2 Å². The summed E-state index contributed by atoms with van der Waals surface area (Å²) < 4.78 is 6.45. The Morgan fingerprint density at radius 3 is 3.00 bits per heavy atom. The second kappa shape index (κ2) is 5.34. The van der Waals surface area contributed by atoms with E-state index in [4.69, 9.17) is 10.2 Å². The molecule has 1 saturated heterocycles. The highest BCUT2D eigenvalue weighted by Crippen LogP contribution is 2.32. The molecule has 90 valence electrons. The van der Waals surface area contributed by atoms with Crippen molar-refractivity contribution in [2.24, 2.45) is 5.73 Å². The minimum atomic E-state index is 0.193. The number of hydrogen-bond acceptors (Lipinski definition) is 3. The minimum absolute atomic E-state index is 0.193. The van der Waals surface area contributed by atoms with E-state index in [-0.39, 0.29) is 12.1 Å². The average molecular weight is 287 g/mol. The molecule has 16 heavy (non-hydrogen) atoms. The van der Waals surface area contributed by atoms with Gasteiger partial charge in [-0.05, 0) is 60.4 Å². The topological polar surface area (TPSA) is 42.4 Å². The maximum absolute atomic E-state index is 6.22. The first-order valence-corrected chi connectivity index (χ1v) is 6.76. The molecule has 1 aromatic heterocycles. The van der Waals surface area contributed by atoms with E-state index < -0.39 is 0 Å². The van der Waals surface area contributed by atoms with Crippen molar-refractivity contribution in [3.8, 4) is 0 Å². The summed E-state index contributed by atoms with van der Waals surface area (Å²) in [5.74, 6) is 0.993. The number of nitrogens with two attached hydrogens (primary N) is 1. The Bertz CT molecular complexity index is 338. The van der Waals surface area contributed by atoms with Gasteiger partial charge in [0, 0.05) is 6.04 Å². The van der Waals surface area contributed by atoms with Crippen LogP contribution in [0.3, 0.4) is 0 Å². The molecule has 0 aromatic carbocycles. The lowest BCUT2D eigenvalue weighted by Gasteiger charge is -2.38. The standard InChI is InChI=1S/C12H19BrN2O/c1-2-7-15-8-3-4-9(14)12(15)10-5-6-11(13)16-10/h5-6,9,12H,2-4,7-8,14H2,1H3. The Balaban J connectivity index is 2.18. The molecule has 1 aliphatic heterocycles. The summed E-state index contributed by atoms with van der Waals surface area (Å²) in [4.78, 5) is 2.44. The first-order valence-electron chi connectivity index (χ1n) is 5.97. The third-order valence-corrected chi connectivity index (χ3v) is 3.60. The van der Waals surface area contributed by atoms with Gasteiger partial charge in [-0.2, -0.15) is 0 Å². The molecule has 1 aliphatic rings. The highest BCUT2D eigenvalue weighted by molar-refractivity contribution is 9.10. The van der Waals surface area contributed by atoms with Crippen LogP contribution in [0.5, 0.6) is 0 Å². The molecular weight excluding hydrogens is 268 g/mol. The molecule has 2 unspecified atom stereocenters. The number of rotatable bonds is 3. The van der Waals surface area contributed by atoms with E-state index in [1.54, 1.807) is 0 Å².